The SMILES string of the molecule is CCCNC(=O)C(C)N(Cc1ccc(Cl)cc1Cl)C(=O)Cc1ccccc1C. The van der Waals surface area contributed by atoms with Gasteiger partial charge in [0.15, 0.2) is 0 Å². The summed E-state index contributed by atoms with van der Waals surface area (Å²) in [6, 6.07) is 12.3. The van der Waals surface area contributed by atoms with Crippen LogP contribution < -0.4 is 5.32 Å². The summed E-state index contributed by atoms with van der Waals surface area (Å²) in [5.74, 6) is -0.301. The number of hydrogen-bond acceptors (Lipinski definition) is 2. The number of hydrogen-bond donors (Lipinski definition) is 1. The molecule has 2 aromatic carbocycles. The van der Waals surface area contributed by atoms with Gasteiger partial charge in [-0.3, -0.25) is 9.59 Å². The number of benzene rings is 2. The third kappa shape index (κ3) is 5.98. The summed E-state index contributed by atoms with van der Waals surface area (Å²) in [4.78, 5) is 27.3. The van der Waals surface area contributed by atoms with Crippen molar-refractivity contribution in [3.8, 4) is 0 Å². The summed E-state index contributed by atoms with van der Waals surface area (Å²) in [6.45, 7) is 6.51. The summed E-state index contributed by atoms with van der Waals surface area (Å²) < 4.78 is 0. The van der Waals surface area contributed by atoms with E-state index in [4.69, 9.17) is 23.2 Å². The number of nitrogens with zero attached hydrogens (tertiary/aromatic N) is 1. The topological polar surface area (TPSA) is 49.4 Å². The molecule has 1 N–H and O–H groups in total. The summed E-state index contributed by atoms with van der Waals surface area (Å²) in [6.07, 6.45) is 1.06. The monoisotopic (exact) mass is 420 g/mol. The van der Waals surface area contributed by atoms with Crippen molar-refractivity contribution in [2.75, 3.05) is 6.54 Å². The Kier molecular flexibility index (Phi) is 8.34. The molecule has 0 heterocycles. The minimum atomic E-state index is -0.616. The number of halogens is 2. The van der Waals surface area contributed by atoms with E-state index in [0.29, 0.717) is 16.6 Å². The van der Waals surface area contributed by atoms with E-state index in [9.17, 15) is 9.59 Å². The molecule has 0 saturated carbocycles. The van der Waals surface area contributed by atoms with Crippen molar-refractivity contribution < 1.29 is 9.59 Å². The maximum Gasteiger partial charge on any atom is 0.242 e. The molecule has 0 fully saturated rings. The average molecular weight is 421 g/mol. The predicted octanol–water partition coefficient (Wildman–Crippen LogP) is 4.79. The molecule has 0 aliphatic heterocycles. The van der Waals surface area contributed by atoms with Gasteiger partial charge in [0.25, 0.3) is 0 Å². The van der Waals surface area contributed by atoms with Crippen LogP contribution in [0.1, 0.15) is 37.0 Å². The van der Waals surface area contributed by atoms with Gasteiger partial charge in [-0.2, -0.15) is 0 Å². The molecule has 1 atom stereocenters. The zero-order chi connectivity index (χ0) is 20.7. The van der Waals surface area contributed by atoms with Gasteiger partial charge in [-0.1, -0.05) is 60.5 Å². The Balaban J connectivity index is 2.27. The molecule has 150 valence electrons. The number of aryl methyl sites for hydroxylation is 1. The molecule has 2 rings (SSSR count). The number of amides is 2. The van der Waals surface area contributed by atoms with Crippen molar-refractivity contribution in [3.05, 3.63) is 69.2 Å². The number of rotatable bonds is 8. The van der Waals surface area contributed by atoms with Crippen molar-refractivity contribution in [2.24, 2.45) is 0 Å². The summed E-state index contributed by atoms with van der Waals surface area (Å²) in [7, 11) is 0. The van der Waals surface area contributed by atoms with Crippen molar-refractivity contribution in [1.82, 2.24) is 10.2 Å². The molecule has 0 aliphatic carbocycles. The standard InChI is InChI=1S/C22H26Cl2N2O2/c1-4-11-25-22(28)16(3)26(14-18-9-10-19(23)13-20(18)24)21(27)12-17-8-6-5-7-15(17)2/h5-10,13,16H,4,11-12,14H2,1-3H3,(H,25,28). The predicted molar refractivity (Wildman–Crippen MR) is 115 cm³/mol. The third-order valence-corrected chi connectivity index (χ3v) is 5.26. The van der Waals surface area contributed by atoms with E-state index in [2.05, 4.69) is 5.32 Å². The van der Waals surface area contributed by atoms with Gasteiger partial charge in [-0.15, -0.1) is 0 Å². The molecule has 6 heteroatoms. The van der Waals surface area contributed by atoms with E-state index in [-0.39, 0.29) is 24.8 Å². The van der Waals surface area contributed by atoms with Crippen LogP contribution in [0.2, 0.25) is 10.0 Å². The van der Waals surface area contributed by atoms with Gasteiger partial charge in [0.1, 0.15) is 6.04 Å². The Morgan fingerprint density at radius 2 is 1.82 bits per heavy atom. The van der Waals surface area contributed by atoms with Gasteiger partial charge >= 0.3 is 0 Å². The van der Waals surface area contributed by atoms with Crippen molar-refractivity contribution in [3.63, 3.8) is 0 Å². The van der Waals surface area contributed by atoms with E-state index in [1.807, 2.05) is 38.1 Å². The van der Waals surface area contributed by atoms with E-state index >= 15 is 0 Å². The lowest BCUT2D eigenvalue weighted by molar-refractivity contribution is -0.140. The molecule has 0 aromatic heterocycles. The second kappa shape index (κ2) is 10.5. The summed E-state index contributed by atoms with van der Waals surface area (Å²) >= 11 is 12.3. The van der Waals surface area contributed by atoms with Gasteiger partial charge in [0, 0.05) is 23.1 Å². The molecule has 0 radical (unpaired) electrons. The third-order valence-electron chi connectivity index (χ3n) is 4.68. The second-order valence-corrected chi connectivity index (χ2v) is 7.67. The zero-order valence-electron chi connectivity index (χ0n) is 16.5. The van der Waals surface area contributed by atoms with Crippen LogP contribution in [0.5, 0.6) is 0 Å². The normalized spacial score (nSPS) is 11.8. The van der Waals surface area contributed by atoms with Crippen LogP contribution in [0.25, 0.3) is 0 Å². The highest BCUT2D eigenvalue weighted by molar-refractivity contribution is 6.35. The van der Waals surface area contributed by atoms with Crippen molar-refractivity contribution >= 4 is 35.0 Å². The fourth-order valence-electron chi connectivity index (χ4n) is 2.88. The van der Waals surface area contributed by atoms with Gasteiger partial charge < -0.3 is 10.2 Å². The largest absolute Gasteiger partial charge is 0.354 e. The molecule has 0 aliphatic rings. The first-order valence-electron chi connectivity index (χ1n) is 9.39. The summed E-state index contributed by atoms with van der Waals surface area (Å²) in [5, 5.41) is 3.87. The zero-order valence-corrected chi connectivity index (χ0v) is 18.0. The lowest BCUT2D eigenvalue weighted by Gasteiger charge is -2.29. The maximum atomic E-state index is 13.1. The molecule has 4 nitrogen and oxygen atoms in total. The Bertz CT molecular complexity index is 839. The molecule has 28 heavy (non-hydrogen) atoms. The lowest BCUT2D eigenvalue weighted by Crippen LogP contribution is -2.48. The smallest absolute Gasteiger partial charge is 0.242 e. The second-order valence-electron chi connectivity index (χ2n) is 6.83. The molecular weight excluding hydrogens is 395 g/mol. The maximum absolute atomic E-state index is 13.1. The molecule has 0 bridgehead atoms. The Hall–Kier alpha value is -2.04. The van der Waals surface area contributed by atoms with Gasteiger partial charge in [0.05, 0.1) is 6.42 Å². The summed E-state index contributed by atoms with van der Waals surface area (Å²) in [5.41, 5.74) is 2.74. The average Bonchev–Trinajstić information content (AvgIpc) is 2.66. The molecule has 2 amide bonds. The Morgan fingerprint density at radius 1 is 1.11 bits per heavy atom. The Morgan fingerprint density at radius 3 is 2.46 bits per heavy atom. The first-order chi connectivity index (χ1) is 13.3. The number of nitrogens with one attached hydrogen (secondary N) is 1. The minimum absolute atomic E-state index is 0.125. The van der Waals surface area contributed by atoms with E-state index < -0.39 is 6.04 Å². The fourth-order valence-corrected chi connectivity index (χ4v) is 3.35. The highest BCUT2D eigenvalue weighted by Gasteiger charge is 2.26. The number of carbonyl (C=O) groups excluding carboxylic acids is 2. The first-order valence-corrected chi connectivity index (χ1v) is 10.1. The minimum Gasteiger partial charge on any atom is -0.354 e. The first kappa shape index (κ1) is 22.3. The highest BCUT2D eigenvalue weighted by atomic mass is 35.5. The van der Waals surface area contributed by atoms with Crippen LogP contribution in [-0.2, 0) is 22.6 Å². The van der Waals surface area contributed by atoms with Crippen molar-refractivity contribution in [1.29, 1.82) is 0 Å². The van der Waals surface area contributed by atoms with Crippen LogP contribution in [-0.4, -0.2) is 29.3 Å². The Labute approximate surface area is 176 Å². The lowest BCUT2D eigenvalue weighted by atomic mass is 10.0. The molecule has 0 saturated heterocycles. The van der Waals surface area contributed by atoms with Gasteiger partial charge in [0.2, 0.25) is 11.8 Å². The highest BCUT2D eigenvalue weighted by Crippen LogP contribution is 2.23. The van der Waals surface area contributed by atoms with E-state index in [1.54, 1.807) is 30.0 Å². The van der Waals surface area contributed by atoms with Crippen LogP contribution in [0, 0.1) is 6.92 Å². The molecular formula is C22H26Cl2N2O2. The van der Waals surface area contributed by atoms with Crippen LogP contribution in [0.4, 0.5) is 0 Å². The van der Waals surface area contributed by atoms with Crippen LogP contribution in [0.3, 0.4) is 0 Å². The molecule has 1 unspecified atom stereocenters. The van der Waals surface area contributed by atoms with Gasteiger partial charge in [-0.25, -0.2) is 0 Å². The van der Waals surface area contributed by atoms with Gasteiger partial charge in [-0.05, 0) is 49.1 Å². The molecule has 0 spiro atoms. The van der Waals surface area contributed by atoms with Crippen molar-refractivity contribution in [2.45, 2.75) is 46.2 Å². The number of carbonyl (C=O) groups is 2. The molecule has 2 aromatic rings. The van der Waals surface area contributed by atoms with E-state index in [0.717, 1.165) is 23.1 Å². The van der Waals surface area contributed by atoms with E-state index in [1.165, 1.54) is 0 Å². The quantitative estimate of drug-likeness (QED) is 0.667. The van der Waals surface area contributed by atoms with Crippen LogP contribution in [0.15, 0.2) is 42.5 Å². The van der Waals surface area contributed by atoms with Crippen LogP contribution >= 0.6 is 23.2 Å². The fraction of sp³-hybridized carbons (Fsp3) is 0.364.